The number of ether oxygens (including phenoxy) is 1. The third-order valence-electron chi connectivity index (χ3n) is 7.24. The van der Waals surface area contributed by atoms with Gasteiger partial charge in [0.05, 0.1) is 17.7 Å². The van der Waals surface area contributed by atoms with Crippen molar-refractivity contribution >= 4 is 28.4 Å². The van der Waals surface area contributed by atoms with Crippen molar-refractivity contribution < 1.29 is 22.7 Å². The minimum absolute atomic E-state index is 0.0528. The number of benzene rings is 3. The Morgan fingerprint density at radius 1 is 1.03 bits per heavy atom. The molecule has 0 radical (unpaired) electrons. The zero-order chi connectivity index (χ0) is 26.9. The van der Waals surface area contributed by atoms with Crippen LogP contribution in [-0.4, -0.2) is 35.6 Å². The number of para-hydroxylation sites is 1. The number of fused-ring (bicyclic) bond motifs is 1. The molecule has 1 saturated heterocycles. The van der Waals surface area contributed by atoms with E-state index >= 15 is 0 Å². The standard InChI is InChI=1S/C30H28ClF3N2O2/c1-38-22-11-8-20(9-12-22)18-36-19-25(23-6-2-3-7-28(23)36)24(17-29(37)35-14-4-5-15-35)21-10-13-27(31)26(16-21)30(32,33)34/h2-3,6-13,16,19,24H,4-5,14-15,17-18H2,1H3/t24-/m0/s1. The number of hydrogen-bond acceptors (Lipinski definition) is 2. The Labute approximate surface area is 224 Å². The van der Waals surface area contributed by atoms with Crippen LogP contribution in [0.5, 0.6) is 5.75 Å². The van der Waals surface area contributed by atoms with Crippen LogP contribution in [0.15, 0.2) is 72.9 Å². The summed E-state index contributed by atoms with van der Waals surface area (Å²) in [6.07, 6.45) is -0.666. The van der Waals surface area contributed by atoms with E-state index in [1.165, 1.54) is 6.07 Å². The highest BCUT2D eigenvalue weighted by Crippen LogP contribution is 2.40. The molecule has 38 heavy (non-hydrogen) atoms. The van der Waals surface area contributed by atoms with E-state index in [2.05, 4.69) is 4.57 Å². The van der Waals surface area contributed by atoms with E-state index < -0.39 is 17.7 Å². The van der Waals surface area contributed by atoms with Gasteiger partial charge in [-0.3, -0.25) is 4.79 Å². The van der Waals surface area contributed by atoms with Crippen LogP contribution in [0, 0.1) is 0 Å². The molecule has 1 aliphatic rings. The average Bonchev–Trinajstić information content (AvgIpc) is 3.57. The molecule has 0 bridgehead atoms. The summed E-state index contributed by atoms with van der Waals surface area (Å²) in [7, 11) is 1.62. The second kappa shape index (κ2) is 10.7. The first kappa shape index (κ1) is 26.2. The van der Waals surface area contributed by atoms with E-state index in [0.717, 1.165) is 46.7 Å². The molecule has 0 spiro atoms. The zero-order valence-corrected chi connectivity index (χ0v) is 21.7. The second-order valence-corrected chi connectivity index (χ2v) is 10.1. The summed E-state index contributed by atoms with van der Waals surface area (Å²) in [5, 5.41) is 0.552. The van der Waals surface area contributed by atoms with Crippen molar-refractivity contribution in [3.05, 3.63) is 100 Å². The topological polar surface area (TPSA) is 34.5 Å². The van der Waals surface area contributed by atoms with Crippen LogP contribution in [0.25, 0.3) is 10.9 Å². The van der Waals surface area contributed by atoms with E-state index in [1.54, 1.807) is 13.2 Å². The first-order chi connectivity index (χ1) is 18.2. The van der Waals surface area contributed by atoms with E-state index in [4.69, 9.17) is 16.3 Å². The molecule has 198 valence electrons. The molecule has 0 unspecified atom stereocenters. The molecule has 8 heteroatoms. The lowest BCUT2D eigenvalue weighted by Gasteiger charge is -2.22. The third kappa shape index (κ3) is 5.39. The molecule has 0 aliphatic carbocycles. The monoisotopic (exact) mass is 540 g/mol. The molecular weight excluding hydrogens is 513 g/mol. The number of aromatic nitrogens is 1. The van der Waals surface area contributed by atoms with E-state index in [1.807, 2.05) is 59.6 Å². The lowest BCUT2D eigenvalue weighted by atomic mass is 9.87. The minimum atomic E-state index is -4.60. The fraction of sp³-hybridized carbons (Fsp3) is 0.300. The van der Waals surface area contributed by atoms with Gasteiger partial charge in [-0.25, -0.2) is 0 Å². The van der Waals surface area contributed by atoms with Gasteiger partial charge >= 0.3 is 6.18 Å². The number of amides is 1. The second-order valence-electron chi connectivity index (χ2n) is 9.66. The minimum Gasteiger partial charge on any atom is -0.497 e. The summed E-state index contributed by atoms with van der Waals surface area (Å²) >= 11 is 5.94. The molecule has 3 aromatic carbocycles. The number of hydrogen-bond donors (Lipinski definition) is 0. The predicted molar refractivity (Wildman–Crippen MR) is 143 cm³/mol. The van der Waals surface area contributed by atoms with Gasteiger partial charge in [0, 0.05) is 49.1 Å². The quantitative estimate of drug-likeness (QED) is 0.243. The van der Waals surface area contributed by atoms with E-state index in [9.17, 15) is 18.0 Å². The Morgan fingerprint density at radius 2 is 1.74 bits per heavy atom. The zero-order valence-electron chi connectivity index (χ0n) is 21.0. The summed E-state index contributed by atoms with van der Waals surface area (Å²) in [5.74, 6) is 0.141. The van der Waals surface area contributed by atoms with Crippen molar-refractivity contribution in [1.29, 1.82) is 0 Å². The van der Waals surface area contributed by atoms with Crippen LogP contribution in [-0.2, 0) is 17.5 Å². The predicted octanol–water partition coefficient (Wildman–Crippen LogP) is 7.51. The molecule has 2 heterocycles. The van der Waals surface area contributed by atoms with Crippen LogP contribution in [0.3, 0.4) is 0 Å². The lowest BCUT2D eigenvalue weighted by molar-refractivity contribution is -0.137. The van der Waals surface area contributed by atoms with Crippen molar-refractivity contribution in [3.63, 3.8) is 0 Å². The SMILES string of the molecule is COc1ccc(Cn2cc([C@@H](CC(=O)N3CCCC3)c3ccc(Cl)c(C(F)(F)F)c3)c3ccccc32)cc1. The molecule has 1 amide bonds. The smallest absolute Gasteiger partial charge is 0.417 e. The first-order valence-electron chi connectivity index (χ1n) is 12.6. The van der Waals surface area contributed by atoms with Crippen molar-refractivity contribution in [2.24, 2.45) is 0 Å². The maximum atomic E-state index is 13.8. The molecule has 4 nitrogen and oxygen atoms in total. The number of carbonyl (C=O) groups excluding carboxylic acids is 1. The fourth-order valence-electron chi connectivity index (χ4n) is 5.27. The van der Waals surface area contributed by atoms with Gasteiger partial charge in [0.1, 0.15) is 5.75 Å². The normalized spacial score (nSPS) is 14.7. The summed E-state index contributed by atoms with van der Waals surface area (Å²) < 4.78 is 48.7. The van der Waals surface area contributed by atoms with Gasteiger partial charge in [-0.1, -0.05) is 48.0 Å². The highest BCUT2D eigenvalue weighted by atomic mass is 35.5. The molecule has 1 aromatic heterocycles. The number of halogens is 4. The Bertz CT molecular complexity index is 1440. The van der Waals surface area contributed by atoms with Crippen LogP contribution < -0.4 is 4.74 Å². The van der Waals surface area contributed by atoms with Gasteiger partial charge < -0.3 is 14.2 Å². The lowest BCUT2D eigenvalue weighted by Crippen LogP contribution is -2.29. The Balaban J connectivity index is 1.60. The summed E-state index contributed by atoms with van der Waals surface area (Å²) in [6, 6.07) is 19.5. The van der Waals surface area contributed by atoms with E-state index in [-0.39, 0.29) is 17.4 Å². The fourth-order valence-corrected chi connectivity index (χ4v) is 5.49. The Morgan fingerprint density at radius 3 is 2.42 bits per heavy atom. The van der Waals surface area contributed by atoms with Gasteiger partial charge in [-0.2, -0.15) is 13.2 Å². The van der Waals surface area contributed by atoms with Crippen molar-refractivity contribution in [2.75, 3.05) is 20.2 Å². The Hall–Kier alpha value is -3.45. The Kier molecular flexibility index (Phi) is 7.39. The average molecular weight is 541 g/mol. The summed E-state index contributed by atoms with van der Waals surface area (Å²) in [6.45, 7) is 1.92. The van der Waals surface area contributed by atoms with Crippen LogP contribution in [0.4, 0.5) is 13.2 Å². The van der Waals surface area contributed by atoms with Crippen LogP contribution >= 0.6 is 11.6 Å². The molecule has 4 aromatic rings. The maximum Gasteiger partial charge on any atom is 0.417 e. The van der Waals surface area contributed by atoms with Gasteiger partial charge in [-0.05, 0) is 59.9 Å². The third-order valence-corrected chi connectivity index (χ3v) is 7.57. The van der Waals surface area contributed by atoms with Crippen molar-refractivity contribution in [1.82, 2.24) is 9.47 Å². The number of likely N-dealkylation sites (tertiary alicyclic amines) is 1. The van der Waals surface area contributed by atoms with Crippen molar-refractivity contribution in [2.45, 2.75) is 37.9 Å². The molecule has 1 aliphatic heterocycles. The summed E-state index contributed by atoms with van der Waals surface area (Å²) in [4.78, 5) is 15.1. The molecular formula is C30H28ClF3N2O2. The molecule has 5 rings (SSSR count). The van der Waals surface area contributed by atoms with Gasteiger partial charge in [0.15, 0.2) is 0 Å². The molecule has 0 N–H and O–H groups in total. The maximum absolute atomic E-state index is 13.8. The highest BCUT2D eigenvalue weighted by Gasteiger charge is 2.35. The number of methoxy groups -OCH3 is 1. The molecule has 1 atom stereocenters. The van der Waals surface area contributed by atoms with Gasteiger partial charge in [0.2, 0.25) is 5.91 Å². The van der Waals surface area contributed by atoms with Gasteiger partial charge in [0.25, 0.3) is 0 Å². The number of carbonyl (C=O) groups is 1. The largest absolute Gasteiger partial charge is 0.497 e. The first-order valence-corrected chi connectivity index (χ1v) is 13.0. The van der Waals surface area contributed by atoms with Gasteiger partial charge in [-0.15, -0.1) is 0 Å². The molecule has 1 fully saturated rings. The number of alkyl halides is 3. The molecule has 0 saturated carbocycles. The van der Waals surface area contributed by atoms with Crippen LogP contribution in [0.1, 0.15) is 47.4 Å². The van der Waals surface area contributed by atoms with Crippen LogP contribution in [0.2, 0.25) is 5.02 Å². The van der Waals surface area contributed by atoms with E-state index in [0.29, 0.717) is 25.2 Å². The van der Waals surface area contributed by atoms with Crippen molar-refractivity contribution in [3.8, 4) is 5.75 Å². The summed E-state index contributed by atoms with van der Waals surface area (Å²) in [5.41, 5.74) is 2.34. The number of nitrogens with zero attached hydrogens (tertiary/aromatic N) is 2. The highest BCUT2D eigenvalue weighted by molar-refractivity contribution is 6.31. The number of rotatable bonds is 7.